The number of nitrogens with two attached hydrogens (primary N) is 2. The summed E-state index contributed by atoms with van der Waals surface area (Å²) in [5.74, 6) is -0.147. The Morgan fingerprint density at radius 3 is 2.85 bits per heavy atom. The van der Waals surface area contributed by atoms with Crippen LogP contribution in [0.3, 0.4) is 0 Å². The Bertz CT molecular complexity index is 818. The van der Waals surface area contributed by atoms with Gasteiger partial charge in [0.1, 0.15) is 0 Å². The van der Waals surface area contributed by atoms with Crippen LogP contribution in [0.4, 0.5) is 0 Å². The third kappa shape index (κ3) is 5.19. The van der Waals surface area contributed by atoms with Gasteiger partial charge in [0.25, 0.3) is 0 Å². The molecule has 0 saturated heterocycles. The maximum absolute atomic E-state index is 12.2. The van der Waals surface area contributed by atoms with Crippen LogP contribution in [0.25, 0.3) is 0 Å². The van der Waals surface area contributed by atoms with E-state index >= 15 is 0 Å². The van der Waals surface area contributed by atoms with Gasteiger partial charge in [0.05, 0.1) is 18.3 Å². The highest BCUT2D eigenvalue weighted by molar-refractivity contribution is 7.71. The molecule has 0 fully saturated rings. The van der Waals surface area contributed by atoms with Crippen molar-refractivity contribution in [2.24, 2.45) is 11.5 Å². The van der Waals surface area contributed by atoms with Crippen molar-refractivity contribution in [3.8, 4) is 0 Å². The first kappa shape index (κ1) is 21.6. The number of aryl methyl sites for hydroxylation is 1. The van der Waals surface area contributed by atoms with Gasteiger partial charge in [0.2, 0.25) is 5.91 Å². The lowest BCUT2D eigenvalue weighted by atomic mass is 9.88. The molecule has 0 radical (unpaired) electrons. The van der Waals surface area contributed by atoms with Crippen LogP contribution >= 0.6 is 24.6 Å². The van der Waals surface area contributed by atoms with Gasteiger partial charge in [-0.15, -0.1) is 12.4 Å². The summed E-state index contributed by atoms with van der Waals surface area (Å²) in [5.41, 5.74) is 15.2. The highest BCUT2D eigenvalue weighted by Crippen LogP contribution is 2.30. The van der Waals surface area contributed by atoms with Crippen LogP contribution in [0.5, 0.6) is 0 Å². The summed E-state index contributed by atoms with van der Waals surface area (Å²) in [5, 5.41) is 2.93. The number of rotatable bonds is 7. The van der Waals surface area contributed by atoms with Gasteiger partial charge >= 0.3 is 0 Å². The van der Waals surface area contributed by atoms with Crippen molar-refractivity contribution >= 4 is 30.5 Å². The van der Waals surface area contributed by atoms with Crippen molar-refractivity contribution in [1.82, 2.24) is 14.9 Å². The zero-order valence-corrected chi connectivity index (χ0v) is 17.0. The zero-order valence-electron chi connectivity index (χ0n) is 15.3. The Morgan fingerprint density at radius 1 is 1.37 bits per heavy atom. The molecule has 148 valence electrons. The number of hydrogen-bond donors (Lipinski definition) is 4. The first-order valence-electron chi connectivity index (χ1n) is 9.19. The van der Waals surface area contributed by atoms with E-state index in [2.05, 4.69) is 39.1 Å². The zero-order chi connectivity index (χ0) is 18.5. The van der Waals surface area contributed by atoms with E-state index in [-0.39, 0.29) is 18.3 Å². The molecule has 6 N–H and O–H groups in total. The van der Waals surface area contributed by atoms with Gasteiger partial charge in [-0.2, -0.15) is 0 Å². The Kier molecular flexibility index (Phi) is 8.04. The number of aromatic amines is 1. The summed E-state index contributed by atoms with van der Waals surface area (Å²) in [6, 6.07) is 8.36. The molecule has 1 aromatic carbocycles. The van der Waals surface area contributed by atoms with Gasteiger partial charge < -0.3 is 26.3 Å². The minimum absolute atomic E-state index is 0. The van der Waals surface area contributed by atoms with Crippen molar-refractivity contribution in [3.05, 3.63) is 52.1 Å². The highest BCUT2D eigenvalue weighted by Gasteiger charge is 2.22. The molecule has 0 aliphatic heterocycles. The van der Waals surface area contributed by atoms with Gasteiger partial charge in [-0.3, -0.25) is 4.79 Å². The molecule has 0 spiro atoms. The molecule has 1 aliphatic carbocycles. The number of fused-ring (bicyclic) bond motifs is 1. The third-order valence-electron chi connectivity index (χ3n) is 5.08. The summed E-state index contributed by atoms with van der Waals surface area (Å²) in [7, 11) is 0. The maximum Gasteiger partial charge on any atom is 0.237 e. The van der Waals surface area contributed by atoms with E-state index in [9.17, 15) is 4.79 Å². The molecule has 8 heteroatoms. The fourth-order valence-corrected chi connectivity index (χ4v) is 3.95. The van der Waals surface area contributed by atoms with E-state index in [1.54, 1.807) is 0 Å². The predicted octanol–water partition coefficient (Wildman–Crippen LogP) is 2.38. The number of amides is 1. The molecule has 1 aromatic heterocycles. The Labute approximate surface area is 171 Å². The minimum atomic E-state index is -0.518. The molecule has 2 atom stereocenters. The monoisotopic (exact) mass is 409 g/mol. The van der Waals surface area contributed by atoms with Crippen molar-refractivity contribution in [1.29, 1.82) is 0 Å². The molecule has 1 amide bonds. The van der Waals surface area contributed by atoms with Gasteiger partial charge in [0.15, 0.2) is 4.77 Å². The number of halogens is 1. The van der Waals surface area contributed by atoms with E-state index in [0.29, 0.717) is 30.3 Å². The predicted molar refractivity (Wildman–Crippen MR) is 112 cm³/mol. The second-order valence-corrected chi connectivity index (χ2v) is 7.26. The standard InChI is InChI=1S/C19H27N5OS.ClH/c20-9-3-6-17(21)18(25)22-11-16-12-23-19(26)24(16)15-8-7-13-4-1-2-5-14(13)10-15;/h1-2,4-5,12,15,17H,3,6-11,20-21H2,(H,22,25)(H,23,26);1H/t15?,17-;/m0./s1. The van der Waals surface area contributed by atoms with E-state index in [4.69, 9.17) is 23.7 Å². The molecule has 0 bridgehead atoms. The lowest BCUT2D eigenvalue weighted by Gasteiger charge is -2.27. The van der Waals surface area contributed by atoms with E-state index in [1.165, 1.54) is 11.1 Å². The lowest BCUT2D eigenvalue weighted by molar-refractivity contribution is -0.122. The molecular formula is C19H28ClN5OS. The molecule has 6 nitrogen and oxygen atoms in total. The number of carbonyl (C=O) groups is 1. The van der Waals surface area contributed by atoms with Crippen LogP contribution in [0.15, 0.2) is 30.5 Å². The SMILES string of the molecule is Cl.NCCC[C@H](N)C(=O)NCc1c[nH]c(=S)n1C1CCc2ccccc2C1. The molecule has 27 heavy (non-hydrogen) atoms. The van der Waals surface area contributed by atoms with E-state index < -0.39 is 6.04 Å². The Hall–Kier alpha value is -1.67. The lowest BCUT2D eigenvalue weighted by Crippen LogP contribution is -2.40. The maximum atomic E-state index is 12.2. The second-order valence-electron chi connectivity index (χ2n) is 6.88. The number of H-pyrrole nitrogens is 1. The molecule has 1 unspecified atom stereocenters. The summed E-state index contributed by atoms with van der Waals surface area (Å²) in [6.45, 7) is 0.960. The average Bonchev–Trinajstić information content (AvgIpc) is 3.04. The van der Waals surface area contributed by atoms with Crippen LogP contribution in [-0.4, -0.2) is 28.0 Å². The van der Waals surface area contributed by atoms with E-state index in [1.807, 2.05) is 6.20 Å². The summed E-state index contributed by atoms with van der Waals surface area (Å²) in [6.07, 6.45) is 6.27. The van der Waals surface area contributed by atoms with Crippen LogP contribution in [0, 0.1) is 4.77 Å². The first-order valence-corrected chi connectivity index (χ1v) is 9.60. The minimum Gasteiger partial charge on any atom is -0.349 e. The molecule has 1 heterocycles. The summed E-state index contributed by atoms with van der Waals surface area (Å²) < 4.78 is 2.85. The van der Waals surface area contributed by atoms with Crippen molar-refractivity contribution in [3.63, 3.8) is 0 Å². The largest absolute Gasteiger partial charge is 0.349 e. The quantitative estimate of drug-likeness (QED) is 0.527. The number of carbonyl (C=O) groups excluding carboxylic acids is 1. The van der Waals surface area contributed by atoms with Gasteiger partial charge in [-0.1, -0.05) is 24.3 Å². The topological polar surface area (TPSA) is 102 Å². The Balaban J connectivity index is 0.00000261. The van der Waals surface area contributed by atoms with Crippen LogP contribution in [-0.2, 0) is 24.2 Å². The van der Waals surface area contributed by atoms with Gasteiger partial charge in [-0.25, -0.2) is 0 Å². The number of aromatic nitrogens is 2. The fourth-order valence-electron chi connectivity index (χ4n) is 3.63. The molecule has 0 saturated carbocycles. The van der Waals surface area contributed by atoms with Crippen molar-refractivity contribution in [2.75, 3.05) is 6.54 Å². The third-order valence-corrected chi connectivity index (χ3v) is 5.39. The summed E-state index contributed by atoms with van der Waals surface area (Å²) >= 11 is 5.50. The van der Waals surface area contributed by atoms with Crippen molar-refractivity contribution < 1.29 is 4.79 Å². The molecule has 2 aromatic rings. The second kappa shape index (κ2) is 10.0. The van der Waals surface area contributed by atoms with Crippen molar-refractivity contribution in [2.45, 2.75) is 50.7 Å². The van der Waals surface area contributed by atoms with Crippen LogP contribution < -0.4 is 16.8 Å². The van der Waals surface area contributed by atoms with Gasteiger partial charge in [-0.05, 0) is 62.0 Å². The normalized spacial score (nSPS) is 16.9. The molecular weight excluding hydrogens is 382 g/mol. The smallest absolute Gasteiger partial charge is 0.237 e. The number of nitrogens with zero attached hydrogens (tertiary/aromatic N) is 1. The number of hydrogen-bond acceptors (Lipinski definition) is 4. The average molecular weight is 410 g/mol. The van der Waals surface area contributed by atoms with Crippen LogP contribution in [0.1, 0.15) is 42.1 Å². The highest BCUT2D eigenvalue weighted by atomic mass is 35.5. The van der Waals surface area contributed by atoms with Gasteiger partial charge in [0, 0.05) is 12.2 Å². The summed E-state index contributed by atoms with van der Waals surface area (Å²) in [4.78, 5) is 15.3. The number of nitrogens with one attached hydrogen (secondary N) is 2. The molecule has 3 rings (SSSR count). The van der Waals surface area contributed by atoms with Crippen LogP contribution in [0.2, 0.25) is 0 Å². The molecule has 1 aliphatic rings. The first-order chi connectivity index (χ1) is 12.6. The fraction of sp³-hybridized carbons (Fsp3) is 0.474. The van der Waals surface area contributed by atoms with E-state index in [0.717, 1.165) is 31.4 Å². The number of benzene rings is 1. The Morgan fingerprint density at radius 2 is 2.11 bits per heavy atom. The number of imidazole rings is 1.